The second-order valence-corrected chi connectivity index (χ2v) is 5.83. The second-order valence-electron chi connectivity index (χ2n) is 4.92. The minimum Gasteiger partial charge on any atom is -0.454 e. The van der Waals surface area contributed by atoms with E-state index in [-0.39, 0.29) is 6.04 Å². The lowest BCUT2D eigenvalue weighted by atomic mass is 10.2. The average molecular weight is 333 g/mol. The molecule has 0 saturated carbocycles. The van der Waals surface area contributed by atoms with Crippen molar-refractivity contribution in [3.8, 4) is 11.5 Å². The number of nitrogens with zero attached hydrogens (tertiary/aromatic N) is 2. The summed E-state index contributed by atoms with van der Waals surface area (Å²) in [6.45, 7) is 4.03. The van der Waals surface area contributed by atoms with Crippen molar-refractivity contribution >= 4 is 33.2 Å². The third-order valence-electron chi connectivity index (χ3n) is 3.13. The van der Waals surface area contributed by atoms with Crippen molar-refractivity contribution in [2.75, 3.05) is 0 Å². The first-order valence-electron chi connectivity index (χ1n) is 6.32. The largest absolute Gasteiger partial charge is 0.454 e. The lowest BCUT2D eigenvalue weighted by molar-refractivity contribution is 0.112. The molecule has 2 heterocycles. The fourth-order valence-electron chi connectivity index (χ4n) is 2.08. The third-order valence-corrected chi connectivity index (χ3v) is 3.62. The quantitative estimate of drug-likeness (QED) is 0.665. The number of carbonyl (C=O) groups is 1. The fraction of sp³-hybridized carbons (Fsp3) is 0.200. The Morgan fingerprint density at radius 3 is 2.85 bits per heavy atom. The molecule has 3 rings (SSSR count). The molecule has 0 saturated heterocycles. The molecule has 0 radical (unpaired) electrons. The molecule has 2 aromatic heterocycles. The first-order valence-corrected chi connectivity index (χ1v) is 7.11. The van der Waals surface area contributed by atoms with Crippen LogP contribution in [0.2, 0.25) is 0 Å². The van der Waals surface area contributed by atoms with Crippen molar-refractivity contribution in [2.45, 2.75) is 19.9 Å². The van der Waals surface area contributed by atoms with Gasteiger partial charge in [-0.25, -0.2) is 0 Å². The number of aldehydes is 1. The molecule has 0 aliphatic rings. The lowest BCUT2D eigenvalue weighted by Gasteiger charge is -2.02. The van der Waals surface area contributed by atoms with Gasteiger partial charge < -0.3 is 4.42 Å². The van der Waals surface area contributed by atoms with Crippen LogP contribution in [0.1, 0.15) is 30.2 Å². The number of benzene rings is 1. The number of hydrogen-bond donors (Lipinski definition) is 0. The zero-order chi connectivity index (χ0) is 14.3. The van der Waals surface area contributed by atoms with Crippen molar-refractivity contribution in [3.05, 3.63) is 40.5 Å². The Kier molecular flexibility index (Phi) is 3.22. The average Bonchev–Trinajstić information content (AvgIpc) is 3.00. The Hall–Kier alpha value is -1.88. The minimum atomic E-state index is 0.195. The van der Waals surface area contributed by atoms with E-state index >= 15 is 0 Å². The van der Waals surface area contributed by atoms with Crippen molar-refractivity contribution in [3.63, 3.8) is 0 Å². The van der Waals surface area contributed by atoms with E-state index in [0.29, 0.717) is 17.0 Å². The molecule has 0 bridgehead atoms. The van der Waals surface area contributed by atoms with Crippen LogP contribution in [0, 0.1) is 0 Å². The highest BCUT2D eigenvalue weighted by Gasteiger charge is 2.16. The molecule has 0 aliphatic carbocycles. The molecule has 0 amide bonds. The molecule has 0 N–H and O–H groups in total. The highest BCUT2D eigenvalue weighted by Crippen LogP contribution is 2.30. The molecule has 0 atom stereocenters. The highest BCUT2D eigenvalue weighted by molar-refractivity contribution is 9.10. The maximum Gasteiger partial charge on any atom is 0.156 e. The van der Waals surface area contributed by atoms with Gasteiger partial charge in [0, 0.05) is 22.1 Å². The summed E-state index contributed by atoms with van der Waals surface area (Å²) in [5.41, 5.74) is 1.90. The molecule has 5 heteroatoms. The van der Waals surface area contributed by atoms with Gasteiger partial charge in [0.25, 0.3) is 0 Å². The van der Waals surface area contributed by atoms with Crippen molar-refractivity contribution in [1.29, 1.82) is 0 Å². The summed E-state index contributed by atoms with van der Waals surface area (Å²) in [6.07, 6.45) is 2.56. The van der Waals surface area contributed by atoms with Crippen LogP contribution in [0.4, 0.5) is 0 Å². The molecule has 1 aromatic carbocycles. The second kappa shape index (κ2) is 4.90. The zero-order valence-electron chi connectivity index (χ0n) is 11.1. The molecule has 0 unspecified atom stereocenters. The van der Waals surface area contributed by atoms with Crippen molar-refractivity contribution in [2.24, 2.45) is 0 Å². The van der Waals surface area contributed by atoms with E-state index in [1.807, 2.05) is 38.1 Å². The van der Waals surface area contributed by atoms with Crippen LogP contribution in [0.15, 0.2) is 39.4 Å². The van der Waals surface area contributed by atoms with E-state index in [0.717, 1.165) is 21.7 Å². The van der Waals surface area contributed by atoms with Crippen LogP contribution in [-0.2, 0) is 0 Å². The summed E-state index contributed by atoms with van der Waals surface area (Å²) in [5.74, 6) is 0.611. The van der Waals surface area contributed by atoms with E-state index in [2.05, 4.69) is 21.0 Å². The summed E-state index contributed by atoms with van der Waals surface area (Å²) in [5, 5.41) is 5.43. The van der Waals surface area contributed by atoms with Gasteiger partial charge in [-0.2, -0.15) is 5.10 Å². The first-order chi connectivity index (χ1) is 9.58. The first kappa shape index (κ1) is 13.1. The van der Waals surface area contributed by atoms with Crippen LogP contribution >= 0.6 is 15.9 Å². The number of furan rings is 1. The van der Waals surface area contributed by atoms with E-state index < -0.39 is 0 Å². The fourth-order valence-corrected chi connectivity index (χ4v) is 2.46. The van der Waals surface area contributed by atoms with Crippen LogP contribution < -0.4 is 0 Å². The van der Waals surface area contributed by atoms with Gasteiger partial charge in [0.1, 0.15) is 11.3 Å². The topological polar surface area (TPSA) is 48.0 Å². The van der Waals surface area contributed by atoms with Crippen LogP contribution in [-0.4, -0.2) is 16.1 Å². The van der Waals surface area contributed by atoms with Crippen LogP contribution in [0.3, 0.4) is 0 Å². The standard InChI is InChI=1S/C15H13BrN2O2/c1-9(2)18-7-11(8-19)15(17-18)14-6-10-5-12(16)3-4-13(10)20-14/h3-9H,1-2H3. The molecule has 0 fully saturated rings. The molecule has 0 aliphatic heterocycles. The Labute approximate surface area is 124 Å². The van der Waals surface area contributed by atoms with Crippen LogP contribution in [0.25, 0.3) is 22.4 Å². The molecule has 102 valence electrons. The van der Waals surface area contributed by atoms with Crippen LogP contribution in [0.5, 0.6) is 0 Å². The molecule has 3 aromatic rings. The summed E-state index contributed by atoms with van der Waals surface area (Å²) in [6, 6.07) is 7.88. The summed E-state index contributed by atoms with van der Waals surface area (Å²) >= 11 is 3.43. The molecule has 4 nitrogen and oxygen atoms in total. The van der Waals surface area contributed by atoms with Gasteiger partial charge in [0.05, 0.1) is 5.56 Å². The van der Waals surface area contributed by atoms with Gasteiger partial charge in [-0.1, -0.05) is 15.9 Å². The van der Waals surface area contributed by atoms with Gasteiger partial charge in [0.2, 0.25) is 0 Å². The minimum absolute atomic E-state index is 0.195. The third kappa shape index (κ3) is 2.18. The van der Waals surface area contributed by atoms with E-state index in [1.165, 1.54) is 0 Å². The normalized spacial score (nSPS) is 11.4. The smallest absolute Gasteiger partial charge is 0.156 e. The van der Waals surface area contributed by atoms with Crippen molar-refractivity contribution in [1.82, 2.24) is 9.78 Å². The maximum atomic E-state index is 11.2. The number of carbonyl (C=O) groups excluding carboxylic acids is 1. The molecule has 0 spiro atoms. The summed E-state index contributed by atoms with van der Waals surface area (Å²) in [7, 11) is 0. The van der Waals surface area contributed by atoms with E-state index in [1.54, 1.807) is 10.9 Å². The predicted octanol–water partition coefficient (Wildman–Crippen LogP) is 4.45. The number of hydrogen-bond acceptors (Lipinski definition) is 3. The number of aromatic nitrogens is 2. The summed E-state index contributed by atoms with van der Waals surface area (Å²) in [4.78, 5) is 11.2. The van der Waals surface area contributed by atoms with Gasteiger partial charge in [-0.3, -0.25) is 9.48 Å². The summed E-state index contributed by atoms with van der Waals surface area (Å²) < 4.78 is 8.54. The predicted molar refractivity (Wildman–Crippen MR) is 80.9 cm³/mol. The number of rotatable bonds is 3. The Morgan fingerprint density at radius 1 is 1.35 bits per heavy atom. The Morgan fingerprint density at radius 2 is 2.15 bits per heavy atom. The maximum absolute atomic E-state index is 11.2. The Balaban J connectivity index is 2.16. The van der Waals surface area contributed by atoms with Gasteiger partial charge in [-0.15, -0.1) is 0 Å². The SMILES string of the molecule is CC(C)n1cc(C=O)c(-c2cc3cc(Br)ccc3o2)n1. The monoisotopic (exact) mass is 332 g/mol. The lowest BCUT2D eigenvalue weighted by Crippen LogP contribution is -2.00. The van der Waals surface area contributed by atoms with Gasteiger partial charge in [0.15, 0.2) is 12.0 Å². The van der Waals surface area contributed by atoms with Crippen molar-refractivity contribution < 1.29 is 9.21 Å². The highest BCUT2D eigenvalue weighted by atomic mass is 79.9. The number of halogens is 1. The number of fused-ring (bicyclic) bond motifs is 1. The van der Waals surface area contributed by atoms with Gasteiger partial charge >= 0.3 is 0 Å². The molecule has 20 heavy (non-hydrogen) atoms. The Bertz CT molecular complexity index is 786. The zero-order valence-corrected chi connectivity index (χ0v) is 12.7. The van der Waals surface area contributed by atoms with E-state index in [9.17, 15) is 4.79 Å². The molecular formula is C15H13BrN2O2. The van der Waals surface area contributed by atoms with Gasteiger partial charge in [-0.05, 0) is 38.1 Å². The molecular weight excluding hydrogens is 320 g/mol. The van der Waals surface area contributed by atoms with E-state index in [4.69, 9.17) is 4.42 Å².